The molecule has 1 aromatic heterocycles. The van der Waals surface area contributed by atoms with Crippen molar-refractivity contribution < 1.29 is 4.79 Å². The highest BCUT2D eigenvalue weighted by Crippen LogP contribution is 2.26. The molecule has 1 N–H and O–H groups in total. The van der Waals surface area contributed by atoms with Crippen LogP contribution in [0.25, 0.3) is 0 Å². The van der Waals surface area contributed by atoms with E-state index in [0.717, 1.165) is 25.7 Å². The Kier molecular flexibility index (Phi) is 5.90. The van der Waals surface area contributed by atoms with Crippen LogP contribution >= 0.6 is 0 Å². The number of aromatic nitrogens is 1. The first-order chi connectivity index (χ1) is 11.4. The zero-order chi connectivity index (χ0) is 17.6. The normalized spacial score (nSPS) is 21.8. The molecule has 1 aromatic rings. The number of Topliss-reactive ketones (excluding diaryl/α,β-unsaturated/α-hetero) is 1. The summed E-state index contributed by atoms with van der Waals surface area (Å²) in [4.78, 5) is 15.9. The quantitative estimate of drug-likeness (QED) is 0.807. The Labute approximate surface area is 144 Å². The van der Waals surface area contributed by atoms with Crippen LogP contribution in [0, 0.1) is 23.2 Å². The van der Waals surface area contributed by atoms with Gasteiger partial charge < -0.3 is 0 Å². The average molecular weight is 321 g/mol. The van der Waals surface area contributed by atoms with Crippen molar-refractivity contribution in [2.45, 2.75) is 58.0 Å². The topological polar surface area (TPSA) is 65.8 Å². The number of hydrogen-bond acceptors (Lipinski definition) is 4. The Balaban J connectivity index is 2.22. The second-order valence-electron chi connectivity index (χ2n) is 6.66. The summed E-state index contributed by atoms with van der Waals surface area (Å²) in [6, 6.07) is 5.33. The van der Waals surface area contributed by atoms with Gasteiger partial charge in [-0.05, 0) is 69.7 Å². The second kappa shape index (κ2) is 7.90. The fraction of sp³-hybridized carbons (Fsp3) is 0.450. The van der Waals surface area contributed by atoms with Crippen molar-refractivity contribution in [2.75, 3.05) is 0 Å². The molecule has 0 amide bonds. The van der Waals surface area contributed by atoms with Crippen LogP contribution in [0.2, 0.25) is 0 Å². The van der Waals surface area contributed by atoms with E-state index in [1.165, 1.54) is 5.57 Å². The summed E-state index contributed by atoms with van der Waals surface area (Å²) in [5, 5.41) is 12.4. The van der Waals surface area contributed by atoms with E-state index in [-0.39, 0.29) is 17.4 Å². The van der Waals surface area contributed by atoms with Gasteiger partial charge in [-0.1, -0.05) is 12.3 Å². The zero-order valence-electron chi connectivity index (χ0n) is 14.5. The van der Waals surface area contributed by atoms with Crippen LogP contribution in [0.15, 0.2) is 30.0 Å². The van der Waals surface area contributed by atoms with Crippen LogP contribution < -0.4 is 5.32 Å². The van der Waals surface area contributed by atoms with Gasteiger partial charge in [0.2, 0.25) is 0 Å². The fourth-order valence-corrected chi connectivity index (χ4v) is 2.90. The van der Waals surface area contributed by atoms with Crippen LogP contribution in [0.5, 0.6) is 0 Å². The van der Waals surface area contributed by atoms with Gasteiger partial charge in [0.05, 0.1) is 17.7 Å². The van der Waals surface area contributed by atoms with E-state index in [0.29, 0.717) is 11.3 Å². The molecule has 0 aromatic carbocycles. The van der Waals surface area contributed by atoms with Crippen LogP contribution in [-0.4, -0.2) is 22.3 Å². The summed E-state index contributed by atoms with van der Waals surface area (Å²) in [5.74, 6) is 6.24. The van der Waals surface area contributed by atoms with Crippen LogP contribution in [0.3, 0.4) is 0 Å². The highest BCUT2D eigenvalue weighted by Gasteiger charge is 2.29. The summed E-state index contributed by atoms with van der Waals surface area (Å²) in [6.07, 6.45) is 7.46. The molecule has 1 aliphatic heterocycles. The Morgan fingerprint density at radius 1 is 1.46 bits per heavy atom. The molecular weight excluding hydrogens is 298 g/mol. The number of hydrogen-bond donors (Lipinski definition) is 1. The fourth-order valence-electron chi connectivity index (χ4n) is 2.90. The number of ketones is 1. The Morgan fingerprint density at radius 2 is 2.25 bits per heavy atom. The molecule has 1 aliphatic rings. The third-order valence-corrected chi connectivity index (χ3v) is 4.35. The third-order valence-electron chi connectivity index (χ3n) is 4.35. The monoisotopic (exact) mass is 321 g/mol. The van der Waals surface area contributed by atoms with Gasteiger partial charge in [0.15, 0.2) is 0 Å². The van der Waals surface area contributed by atoms with Crippen molar-refractivity contribution >= 4 is 5.78 Å². The number of allylic oxidation sites excluding steroid dienone is 1. The molecule has 24 heavy (non-hydrogen) atoms. The maximum absolute atomic E-state index is 11.8. The Morgan fingerprint density at radius 3 is 2.96 bits per heavy atom. The molecule has 1 unspecified atom stereocenters. The summed E-state index contributed by atoms with van der Waals surface area (Å²) >= 11 is 0. The maximum atomic E-state index is 11.8. The van der Waals surface area contributed by atoms with Crippen LogP contribution in [-0.2, 0) is 4.79 Å². The molecule has 0 aliphatic carbocycles. The van der Waals surface area contributed by atoms with Crippen molar-refractivity contribution in [3.63, 3.8) is 0 Å². The van der Waals surface area contributed by atoms with Gasteiger partial charge in [0.1, 0.15) is 11.5 Å². The van der Waals surface area contributed by atoms with Crippen molar-refractivity contribution in [1.29, 1.82) is 5.26 Å². The highest BCUT2D eigenvalue weighted by atomic mass is 16.1. The standard InChI is InChI=1S/C20H23N3O/c1-15(24)19-10-5-4-7-17(20(2,3)23-19)8-6-9-18-13-16(14-21)11-12-22-18/h8,11-13,19,23H,4-5,7,10H2,1-3H3/b17-8+. The summed E-state index contributed by atoms with van der Waals surface area (Å²) in [7, 11) is 0. The van der Waals surface area contributed by atoms with Gasteiger partial charge in [-0.15, -0.1) is 0 Å². The lowest BCUT2D eigenvalue weighted by molar-refractivity contribution is -0.119. The lowest BCUT2D eigenvalue weighted by Crippen LogP contribution is -2.50. The minimum absolute atomic E-state index is 0.0920. The lowest BCUT2D eigenvalue weighted by atomic mass is 9.85. The van der Waals surface area contributed by atoms with Crippen LogP contribution in [0.1, 0.15) is 57.7 Å². The minimum atomic E-state index is -0.270. The SMILES string of the molecule is CC(=O)C1CCCC/C(=C\C#Cc2cc(C#N)ccn2)C(C)(C)N1. The molecule has 0 saturated carbocycles. The van der Waals surface area contributed by atoms with E-state index >= 15 is 0 Å². The Hall–Kier alpha value is -2.43. The van der Waals surface area contributed by atoms with E-state index in [1.807, 2.05) is 6.08 Å². The average Bonchev–Trinajstić information content (AvgIpc) is 2.54. The van der Waals surface area contributed by atoms with Gasteiger partial charge in [0.25, 0.3) is 0 Å². The van der Waals surface area contributed by atoms with Crippen LogP contribution in [0.4, 0.5) is 0 Å². The van der Waals surface area contributed by atoms with E-state index in [2.05, 4.69) is 42.1 Å². The number of nitrogens with zero attached hydrogens (tertiary/aromatic N) is 2. The number of pyridine rings is 1. The van der Waals surface area contributed by atoms with E-state index in [9.17, 15) is 4.79 Å². The first-order valence-electron chi connectivity index (χ1n) is 8.28. The third kappa shape index (κ3) is 4.78. The molecule has 124 valence electrons. The number of rotatable bonds is 1. The molecule has 4 nitrogen and oxygen atoms in total. The van der Waals surface area contributed by atoms with Gasteiger partial charge >= 0.3 is 0 Å². The number of nitrogens with one attached hydrogen (secondary N) is 1. The molecule has 0 spiro atoms. The lowest BCUT2D eigenvalue weighted by Gasteiger charge is -2.35. The Bertz CT molecular complexity index is 744. The van der Waals surface area contributed by atoms with Crippen molar-refractivity contribution in [3.8, 4) is 17.9 Å². The molecule has 0 bridgehead atoms. The van der Waals surface area contributed by atoms with E-state index in [1.54, 1.807) is 25.3 Å². The van der Waals surface area contributed by atoms with E-state index < -0.39 is 0 Å². The van der Waals surface area contributed by atoms with Crippen molar-refractivity contribution in [3.05, 3.63) is 41.2 Å². The molecule has 1 saturated heterocycles. The molecule has 1 fully saturated rings. The predicted molar refractivity (Wildman–Crippen MR) is 94.1 cm³/mol. The van der Waals surface area contributed by atoms with Gasteiger partial charge in [0, 0.05) is 11.7 Å². The molecule has 2 rings (SSSR count). The van der Waals surface area contributed by atoms with Gasteiger partial charge in [-0.3, -0.25) is 10.1 Å². The highest BCUT2D eigenvalue weighted by molar-refractivity contribution is 5.81. The summed E-state index contributed by atoms with van der Waals surface area (Å²) < 4.78 is 0. The van der Waals surface area contributed by atoms with Gasteiger partial charge in [-0.25, -0.2) is 4.98 Å². The molecule has 1 atom stereocenters. The summed E-state index contributed by atoms with van der Waals surface area (Å²) in [5.41, 5.74) is 2.06. The molecule has 2 heterocycles. The number of carbonyl (C=O) groups excluding carboxylic acids is 1. The van der Waals surface area contributed by atoms with Crippen molar-refractivity contribution in [1.82, 2.24) is 10.3 Å². The zero-order valence-corrected chi connectivity index (χ0v) is 14.5. The first kappa shape index (κ1) is 17.9. The second-order valence-corrected chi connectivity index (χ2v) is 6.66. The largest absolute Gasteiger partial charge is 0.299 e. The summed E-state index contributed by atoms with van der Waals surface area (Å²) in [6.45, 7) is 5.83. The minimum Gasteiger partial charge on any atom is -0.299 e. The molecule has 4 heteroatoms. The predicted octanol–water partition coefficient (Wildman–Crippen LogP) is 3.13. The smallest absolute Gasteiger partial charge is 0.146 e. The molecule has 0 radical (unpaired) electrons. The maximum Gasteiger partial charge on any atom is 0.146 e. The van der Waals surface area contributed by atoms with Crippen molar-refractivity contribution in [2.24, 2.45) is 0 Å². The molecular formula is C20H23N3O. The van der Waals surface area contributed by atoms with E-state index in [4.69, 9.17) is 5.26 Å². The number of carbonyl (C=O) groups is 1. The van der Waals surface area contributed by atoms with Gasteiger partial charge in [-0.2, -0.15) is 5.26 Å². The number of nitriles is 1. The first-order valence-corrected chi connectivity index (χ1v) is 8.28.